The predicted octanol–water partition coefficient (Wildman–Crippen LogP) is 2.47. The van der Waals surface area contributed by atoms with Gasteiger partial charge in [-0.15, -0.1) is 11.3 Å². The summed E-state index contributed by atoms with van der Waals surface area (Å²) in [6, 6.07) is 0.675. The lowest BCUT2D eigenvalue weighted by Gasteiger charge is -2.23. The van der Waals surface area contributed by atoms with Crippen LogP contribution < -0.4 is 10.6 Å². The maximum Gasteiger partial charge on any atom is 0.186 e. The minimum atomic E-state index is 0.675. The van der Waals surface area contributed by atoms with E-state index in [9.17, 15) is 0 Å². The molecular formula is C12H21N3S. The Bertz CT molecular complexity index is 329. The van der Waals surface area contributed by atoms with E-state index in [0.717, 1.165) is 13.0 Å². The summed E-state index contributed by atoms with van der Waals surface area (Å²) in [6.45, 7) is 6.23. The number of nitrogens with zero attached hydrogens (tertiary/aromatic N) is 2. The SMILES string of the molecule is Cc1nc(N2CCCC2CCCN)sc1C. The zero-order valence-corrected chi connectivity index (χ0v) is 11.0. The minimum absolute atomic E-state index is 0.675. The fourth-order valence-corrected chi connectivity index (χ4v) is 3.33. The van der Waals surface area contributed by atoms with Crippen LogP contribution in [-0.4, -0.2) is 24.1 Å². The number of hydrogen-bond donors (Lipinski definition) is 1. The maximum atomic E-state index is 5.59. The topological polar surface area (TPSA) is 42.2 Å². The zero-order valence-electron chi connectivity index (χ0n) is 10.2. The third-order valence-corrected chi connectivity index (χ3v) is 4.49. The zero-order chi connectivity index (χ0) is 11.5. The molecule has 2 rings (SSSR count). The lowest BCUT2D eigenvalue weighted by atomic mass is 10.1. The molecule has 0 aliphatic carbocycles. The molecule has 0 spiro atoms. The van der Waals surface area contributed by atoms with E-state index >= 15 is 0 Å². The van der Waals surface area contributed by atoms with E-state index in [-0.39, 0.29) is 0 Å². The molecule has 1 fully saturated rings. The maximum absolute atomic E-state index is 5.59. The van der Waals surface area contributed by atoms with E-state index in [1.165, 1.54) is 41.5 Å². The second-order valence-corrected chi connectivity index (χ2v) is 5.74. The van der Waals surface area contributed by atoms with Crippen molar-refractivity contribution < 1.29 is 0 Å². The van der Waals surface area contributed by atoms with Gasteiger partial charge in [0, 0.05) is 17.5 Å². The second-order valence-electron chi connectivity index (χ2n) is 4.56. The van der Waals surface area contributed by atoms with Crippen molar-refractivity contribution in [2.24, 2.45) is 5.73 Å². The monoisotopic (exact) mass is 239 g/mol. The molecule has 1 saturated heterocycles. The number of aryl methyl sites for hydroxylation is 2. The van der Waals surface area contributed by atoms with Crippen LogP contribution in [0.15, 0.2) is 0 Å². The quantitative estimate of drug-likeness (QED) is 0.877. The highest BCUT2D eigenvalue weighted by Crippen LogP contribution is 2.32. The summed E-state index contributed by atoms with van der Waals surface area (Å²) >= 11 is 1.83. The lowest BCUT2D eigenvalue weighted by molar-refractivity contribution is 0.584. The molecule has 16 heavy (non-hydrogen) atoms. The van der Waals surface area contributed by atoms with Crippen LogP contribution in [0, 0.1) is 13.8 Å². The Morgan fingerprint density at radius 2 is 2.31 bits per heavy atom. The first-order chi connectivity index (χ1) is 7.72. The van der Waals surface area contributed by atoms with Gasteiger partial charge >= 0.3 is 0 Å². The predicted molar refractivity (Wildman–Crippen MR) is 70.2 cm³/mol. The largest absolute Gasteiger partial charge is 0.345 e. The third kappa shape index (κ3) is 2.38. The first-order valence-corrected chi connectivity index (χ1v) is 6.94. The molecule has 0 aromatic carbocycles. The molecule has 0 bridgehead atoms. The summed E-state index contributed by atoms with van der Waals surface area (Å²) < 4.78 is 0. The van der Waals surface area contributed by atoms with Crippen molar-refractivity contribution in [3.05, 3.63) is 10.6 Å². The molecule has 2 N–H and O–H groups in total. The van der Waals surface area contributed by atoms with Gasteiger partial charge in [0.2, 0.25) is 0 Å². The van der Waals surface area contributed by atoms with Crippen molar-refractivity contribution in [1.29, 1.82) is 0 Å². The van der Waals surface area contributed by atoms with Gasteiger partial charge in [0.25, 0.3) is 0 Å². The van der Waals surface area contributed by atoms with Crippen LogP contribution in [0.2, 0.25) is 0 Å². The summed E-state index contributed by atoms with van der Waals surface area (Å²) in [5, 5.41) is 1.22. The highest BCUT2D eigenvalue weighted by molar-refractivity contribution is 7.15. The van der Waals surface area contributed by atoms with Gasteiger partial charge in [0.15, 0.2) is 5.13 Å². The Hall–Kier alpha value is -0.610. The molecule has 0 saturated carbocycles. The molecule has 90 valence electrons. The molecule has 1 unspecified atom stereocenters. The van der Waals surface area contributed by atoms with Crippen LogP contribution >= 0.6 is 11.3 Å². The molecule has 4 heteroatoms. The molecule has 3 nitrogen and oxygen atoms in total. The number of aromatic nitrogens is 1. The molecule has 0 amide bonds. The highest BCUT2D eigenvalue weighted by atomic mass is 32.1. The first kappa shape index (κ1) is 11.9. The van der Waals surface area contributed by atoms with E-state index in [1.807, 2.05) is 11.3 Å². The van der Waals surface area contributed by atoms with Gasteiger partial charge in [-0.2, -0.15) is 0 Å². The van der Waals surface area contributed by atoms with Crippen molar-refractivity contribution in [2.75, 3.05) is 18.0 Å². The molecule has 1 aliphatic rings. The van der Waals surface area contributed by atoms with Gasteiger partial charge in [0.1, 0.15) is 0 Å². The van der Waals surface area contributed by atoms with Crippen LogP contribution in [0.3, 0.4) is 0 Å². The average Bonchev–Trinajstić information content (AvgIpc) is 2.83. The standard InChI is InChI=1S/C12H21N3S/c1-9-10(2)16-12(14-9)15-8-4-6-11(15)5-3-7-13/h11H,3-8,13H2,1-2H3. The lowest BCUT2D eigenvalue weighted by Crippen LogP contribution is -2.29. The molecule has 2 heterocycles. The summed E-state index contributed by atoms with van der Waals surface area (Å²) in [6.07, 6.45) is 4.95. The highest BCUT2D eigenvalue weighted by Gasteiger charge is 2.26. The summed E-state index contributed by atoms with van der Waals surface area (Å²) in [4.78, 5) is 8.50. The van der Waals surface area contributed by atoms with Crippen LogP contribution in [0.25, 0.3) is 0 Å². The van der Waals surface area contributed by atoms with Crippen LogP contribution in [0.1, 0.15) is 36.3 Å². The Morgan fingerprint density at radius 1 is 1.50 bits per heavy atom. The minimum Gasteiger partial charge on any atom is -0.345 e. The van der Waals surface area contributed by atoms with Crippen molar-refractivity contribution in [3.8, 4) is 0 Å². The van der Waals surface area contributed by atoms with Crippen molar-refractivity contribution in [3.63, 3.8) is 0 Å². The number of rotatable bonds is 4. The summed E-state index contributed by atoms with van der Waals surface area (Å²) in [5.74, 6) is 0. The molecule has 1 aromatic rings. The molecule has 0 radical (unpaired) electrons. The van der Waals surface area contributed by atoms with Gasteiger partial charge in [0.05, 0.1) is 5.69 Å². The Balaban J connectivity index is 2.07. The van der Waals surface area contributed by atoms with Crippen LogP contribution in [0.5, 0.6) is 0 Å². The van der Waals surface area contributed by atoms with Crippen molar-refractivity contribution in [1.82, 2.24) is 4.98 Å². The Morgan fingerprint density at radius 3 is 2.94 bits per heavy atom. The van der Waals surface area contributed by atoms with Crippen LogP contribution in [0.4, 0.5) is 5.13 Å². The van der Waals surface area contributed by atoms with Gasteiger partial charge in [-0.1, -0.05) is 0 Å². The Kier molecular flexibility index (Phi) is 3.82. The van der Waals surface area contributed by atoms with E-state index in [4.69, 9.17) is 5.73 Å². The molecular weight excluding hydrogens is 218 g/mol. The van der Waals surface area contributed by atoms with Crippen molar-refractivity contribution >= 4 is 16.5 Å². The fraction of sp³-hybridized carbons (Fsp3) is 0.750. The van der Waals surface area contributed by atoms with Crippen LogP contribution in [-0.2, 0) is 0 Å². The normalized spacial score (nSPS) is 20.7. The van der Waals surface area contributed by atoms with Crippen molar-refractivity contribution in [2.45, 2.75) is 45.6 Å². The number of anilines is 1. The van der Waals surface area contributed by atoms with E-state index in [1.54, 1.807) is 0 Å². The smallest absolute Gasteiger partial charge is 0.186 e. The second kappa shape index (κ2) is 5.15. The fourth-order valence-electron chi connectivity index (χ4n) is 2.32. The van der Waals surface area contributed by atoms with Gasteiger partial charge in [-0.05, 0) is 46.1 Å². The summed E-state index contributed by atoms with van der Waals surface area (Å²) in [7, 11) is 0. The van der Waals surface area contributed by atoms with E-state index < -0.39 is 0 Å². The van der Waals surface area contributed by atoms with Gasteiger partial charge in [-0.3, -0.25) is 0 Å². The summed E-state index contributed by atoms with van der Waals surface area (Å²) in [5.41, 5.74) is 6.77. The third-order valence-electron chi connectivity index (χ3n) is 3.38. The van der Waals surface area contributed by atoms with Gasteiger partial charge < -0.3 is 10.6 Å². The average molecular weight is 239 g/mol. The Labute approximate surface area is 102 Å². The number of thiazole rings is 1. The number of nitrogens with two attached hydrogens (primary N) is 1. The van der Waals surface area contributed by atoms with E-state index in [2.05, 4.69) is 23.7 Å². The number of hydrogen-bond acceptors (Lipinski definition) is 4. The van der Waals surface area contributed by atoms with Gasteiger partial charge in [-0.25, -0.2) is 4.98 Å². The molecule has 1 aromatic heterocycles. The first-order valence-electron chi connectivity index (χ1n) is 6.13. The molecule has 1 atom stereocenters. The molecule has 1 aliphatic heterocycles. The van der Waals surface area contributed by atoms with E-state index in [0.29, 0.717) is 6.04 Å².